The van der Waals surface area contributed by atoms with E-state index in [-0.39, 0.29) is 6.10 Å². The molecule has 19 heavy (non-hydrogen) atoms. The van der Waals surface area contributed by atoms with Crippen LogP contribution in [0.15, 0.2) is 36.4 Å². The first kappa shape index (κ1) is 13.6. The topological polar surface area (TPSA) is 35.5 Å². The molecule has 0 unspecified atom stereocenters. The van der Waals surface area contributed by atoms with E-state index in [2.05, 4.69) is 0 Å². The Bertz CT molecular complexity index is 561. The molecule has 0 amide bonds. The molecule has 2 rings (SSSR count). The van der Waals surface area contributed by atoms with Crippen molar-refractivity contribution in [2.45, 2.75) is 20.0 Å². The predicted molar refractivity (Wildman–Crippen MR) is 75.9 cm³/mol. The standard InChI is InChI=1S/C16H18O3/c1-12(2)18-9-10-19-16-8-7-13-5-3-4-6-14(13)15(16)11-17/h3-8,11-12H,9-10H2,1-2H3. The molecular weight excluding hydrogens is 240 g/mol. The Labute approximate surface area is 113 Å². The molecule has 0 aromatic heterocycles. The number of carbonyl (C=O) groups is 1. The molecule has 0 saturated carbocycles. The lowest BCUT2D eigenvalue weighted by molar-refractivity contribution is 0.0551. The molecule has 0 spiro atoms. The van der Waals surface area contributed by atoms with Crippen molar-refractivity contribution in [3.63, 3.8) is 0 Å². The summed E-state index contributed by atoms with van der Waals surface area (Å²) in [6.45, 7) is 4.92. The van der Waals surface area contributed by atoms with E-state index < -0.39 is 0 Å². The SMILES string of the molecule is CC(C)OCCOc1ccc2ccccc2c1C=O. The average Bonchev–Trinajstić information content (AvgIpc) is 2.42. The molecular formula is C16H18O3. The first-order valence-electron chi connectivity index (χ1n) is 6.43. The molecule has 0 aliphatic rings. The summed E-state index contributed by atoms with van der Waals surface area (Å²) >= 11 is 0. The van der Waals surface area contributed by atoms with Gasteiger partial charge in [-0.2, -0.15) is 0 Å². The summed E-state index contributed by atoms with van der Waals surface area (Å²) in [6.07, 6.45) is 1.03. The van der Waals surface area contributed by atoms with Gasteiger partial charge in [0.1, 0.15) is 12.4 Å². The first-order chi connectivity index (χ1) is 9.22. The summed E-state index contributed by atoms with van der Waals surface area (Å²) in [5.41, 5.74) is 0.600. The van der Waals surface area contributed by atoms with E-state index in [4.69, 9.17) is 9.47 Å². The number of hydrogen-bond donors (Lipinski definition) is 0. The van der Waals surface area contributed by atoms with Crippen molar-refractivity contribution in [3.8, 4) is 5.75 Å². The normalized spacial score (nSPS) is 10.9. The Balaban J connectivity index is 2.16. The van der Waals surface area contributed by atoms with E-state index in [1.165, 1.54) is 0 Å². The molecule has 0 heterocycles. The minimum atomic E-state index is 0.186. The maximum atomic E-state index is 11.3. The van der Waals surface area contributed by atoms with Crippen molar-refractivity contribution in [2.24, 2.45) is 0 Å². The molecule has 3 heteroatoms. The van der Waals surface area contributed by atoms with E-state index in [9.17, 15) is 4.79 Å². The quantitative estimate of drug-likeness (QED) is 0.588. The number of carbonyl (C=O) groups excluding carboxylic acids is 1. The minimum absolute atomic E-state index is 0.186. The molecule has 3 nitrogen and oxygen atoms in total. The zero-order valence-corrected chi connectivity index (χ0v) is 11.3. The van der Waals surface area contributed by atoms with Gasteiger partial charge in [0, 0.05) is 0 Å². The lowest BCUT2D eigenvalue weighted by Gasteiger charge is -2.12. The largest absolute Gasteiger partial charge is 0.490 e. The van der Waals surface area contributed by atoms with Crippen molar-refractivity contribution >= 4 is 17.1 Å². The third-order valence-corrected chi connectivity index (χ3v) is 2.84. The predicted octanol–water partition coefficient (Wildman–Crippen LogP) is 3.46. The van der Waals surface area contributed by atoms with Gasteiger partial charge in [0.05, 0.1) is 18.3 Å². The van der Waals surface area contributed by atoms with E-state index >= 15 is 0 Å². The second-order valence-corrected chi connectivity index (χ2v) is 4.58. The van der Waals surface area contributed by atoms with Gasteiger partial charge in [0.15, 0.2) is 6.29 Å². The zero-order chi connectivity index (χ0) is 13.7. The third kappa shape index (κ3) is 3.32. The highest BCUT2D eigenvalue weighted by Gasteiger charge is 2.07. The molecule has 0 N–H and O–H groups in total. The highest BCUT2D eigenvalue weighted by atomic mass is 16.5. The van der Waals surface area contributed by atoms with E-state index in [1.54, 1.807) is 0 Å². The van der Waals surface area contributed by atoms with E-state index in [0.717, 1.165) is 17.1 Å². The Morgan fingerprint density at radius 2 is 1.89 bits per heavy atom. The van der Waals surface area contributed by atoms with Crippen LogP contribution in [0.5, 0.6) is 5.75 Å². The third-order valence-electron chi connectivity index (χ3n) is 2.84. The van der Waals surface area contributed by atoms with Crippen LogP contribution in [-0.2, 0) is 4.74 Å². The van der Waals surface area contributed by atoms with Gasteiger partial charge >= 0.3 is 0 Å². The molecule has 0 fully saturated rings. The molecule has 0 aliphatic carbocycles. The van der Waals surface area contributed by atoms with Gasteiger partial charge in [-0.15, -0.1) is 0 Å². The maximum absolute atomic E-state index is 11.3. The fourth-order valence-corrected chi connectivity index (χ4v) is 1.96. The molecule has 0 atom stereocenters. The van der Waals surface area contributed by atoms with Crippen LogP contribution >= 0.6 is 0 Å². The summed E-state index contributed by atoms with van der Waals surface area (Å²) in [6, 6.07) is 11.6. The molecule has 0 bridgehead atoms. The van der Waals surface area contributed by atoms with Gasteiger partial charge in [0.25, 0.3) is 0 Å². The van der Waals surface area contributed by atoms with Crippen molar-refractivity contribution in [2.75, 3.05) is 13.2 Å². The summed E-state index contributed by atoms with van der Waals surface area (Å²) in [4.78, 5) is 11.3. The van der Waals surface area contributed by atoms with Crippen LogP contribution in [0.3, 0.4) is 0 Å². The van der Waals surface area contributed by atoms with Crippen molar-refractivity contribution in [3.05, 3.63) is 42.0 Å². The summed E-state index contributed by atoms with van der Waals surface area (Å²) in [7, 11) is 0. The number of aldehydes is 1. The van der Waals surface area contributed by atoms with Gasteiger partial charge in [0.2, 0.25) is 0 Å². The second kappa shape index (κ2) is 6.34. The fraction of sp³-hybridized carbons (Fsp3) is 0.312. The highest BCUT2D eigenvalue weighted by molar-refractivity contribution is 6.00. The molecule has 0 saturated heterocycles. The lowest BCUT2D eigenvalue weighted by atomic mass is 10.0. The van der Waals surface area contributed by atoms with E-state index in [0.29, 0.717) is 24.5 Å². The van der Waals surface area contributed by atoms with Crippen LogP contribution in [0.25, 0.3) is 10.8 Å². The fourth-order valence-electron chi connectivity index (χ4n) is 1.96. The Morgan fingerprint density at radius 3 is 2.63 bits per heavy atom. The van der Waals surface area contributed by atoms with Crippen molar-refractivity contribution in [1.82, 2.24) is 0 Å². The number of ether oxygens (including phenoxy) is 2. The van der Waals surface area contributed by atoms with Crippen molar-refractivity contribution < 1.29 is 14.3 Å². The molecule has 2 aromatic rings. The Kier molecular flexibility index (Phi) is 4.53. The Morgan fingerprint density at radius 1 is 1.11 bits per heavy atom. The summed E-state index contributed by atoms with van der Waals surface area (Å²) < 4.78 is 11.0. The minimum Gasteiger partial charge on any atom is -0.490 e. The van der Waals surface area contributed by atoms with Crippen LogP contribution in [0, 0.1) is 0 Å². The van der Waals surface area contributed by atoms with Gasteiger partial charge in [-0.3, -0.25) is 4.79 Å². The van der Waals surface area contributed by atoms with Crippen molar-refractivity contribution in [1.29, 1.82) is 0 Å². The molecule has 2 aromatic carbocycles. The van der Waals surface area contributed by atoms with Crippen LogP contribution in [-0.4, -0.2) is 25.6 Å². The summed E-state index contributed by atoms with van der Waals surface area (Å²) in [5.74, 6) is 0.612. The molecule has 0 radical (unpaired) electrons. The van der Waals surface area contributed by atoms with Crippen LogP contribution in [0.1, 0.15) is 24.2 Å². The highest BCUT2D eigenvalue weighted by Crippen LogP contribution is 2.26. The Hall–Kier alpha value is -1.87. The van der Waals surface area contributed by atoms with Crippen LogP contribution < -0.4 is 4.74 Å². The van der Waals surface area contributed by atoms with Crippen LogP contribution in [0.2, 0.25) is 0 Å². The van der Waals surface area contributed by atoms with Gasteiger partial charge in [-0.05, 0) is 30.7 Å². The lowest BCUT2D eigenvalue weighted by Crippen LogP contribution is -2.12. The van der Waals surface area contributed by atoms with Crippen LogP contribution in [0.4, 0.5) is 0 Å². The number of benzene rings is 2. The average molecular weight is 258 g/mol. The zero-order valence-electron chi connectivity index (χ0n) is 11.3. The second-order valence-electron chi connectivity index (χ2n) is 4.58. The first-order valence-corrected chi connectivity index (χ1v) is 6.43. The maximum Gasteiger partial charge on any atom is 0.154 e. The van der Waals surface area contributed by atoms with Gasteiger partial charge in [-0.1, -0.05) is 30.3 Å². The monoisotopic (exact) mass is 258 g/mol. The molecule has 0 aliphatic heterocycles. The number of fused-ring (bicyclic) bond motifs is 1. The summed E-state index contributed by atoms with van der Waals surface area (Å²) in [5, 5.41) is 1.95. The number of rotatable bonds is 6. The number of hydrogen-bond acceptors (Lipinski definition) is 3. The smallest absolute Gasteiger partial charge is 0.154 e. The van der Waals surface area contributed by atoms with Gasteiger partial charge < -0.3 is 9.47 Å². The molecule has 100 valence electrons. The van der Waals surface area contributed by atoms with E-state index in [1.807, 2.05) is 50.2 Å². The van der Waals surface area contributed by atoms with Gasteiger partial charge in [-0.25, -0.2) is 0 Å².